The maximum atomic E-state index is 11.8. The fourth-order valence-electron chi connectivity index (χ4n) is 4.03. The number of benzene rings is 4. The van der Waals surface area contributed by atoms with E-state index in [0.29, 0.717) is 36.6 Å². The van der Waals surface area contributed by atoms with E-state index in [4.69, 9.17) is 19.3 Å². The molecule has 0 saturated heterocycles. The van der Waals surface area contributed by atoms with Crippen LogP contribution < -0.4 is 19.5 Å². The highest BCUT2D eigenvalue weighted by Gasteiger charge is 2.33. The Morgan fingerprint density at radius 1 is 0.900 bits per heavy atom. The Morgan fingerprint density at radius 3 is 2.05 bits per heavy atom. The first kappa shape index (κ1) is 27.9. The molecule has 4 aromatic carbocycles. The number of aliphatic hydroxyl groups is 1. The van der Waals surface area contributed by atoms with Gasteiger partial charge in [0.05, 0.1) is 24.7 Å². The Balaban J connectivity index is 0.000000307. The van der Waals surface area contributed by atoms with Crippen molar-refractivity contribution >= 4 is 11.8 Å². The molecular formula is C30H28N2O8. The van der Waals surface area contributed by atoms with Gasteiger partial charge in [0.2, 0.25) is 0 Å². The molecule has 1 amide bonds. The number of fused-ring (bicyclic) bond motifs is 1. The topological polar surface area (TPSA) is 144 Å². The molecule has 0 radical (unpaired) electrons. The fourth-order valence-corrected chi connectivity index (χ4v) is 4.03. The molecule has 206 valence electrons. The van der Waals surface area contributed by atoms with E-state index in [1.807, 2.05) is 66.7 Å². The van der Waals surface area contributed by atoms with Crippen LogP contribution in [-0.4, -0.2) is 41.5 Å². The zero-order valence-electron chi connectivity index (χ0n) is 21.7. The average molecular weight is 545 g/mol. The second-order valence-electron chi connectivity index (χ2n) is 8.75. The summed E-state index contributed by atoms with van der Waals surface area (Å²) in [4.78, 5) is 20.1. The summed E-state index contributed by atoms with van der Waals surface area (Å²) in [6.07, 6.45) is -0.480. The lowest BCUT2D eigenvalue weighted by Crippen LogP contribution is -2.28. The summed E-state index contributed by atoms with van der Waals surface area (Å²) in [6, 6.07) is 28.5. The van der Waals surface area contributed by atoms with Gasteiger partial charge in [0.25, 0.3) is 5.69 Å². The van der Waals surface area contributed by atoms with Crippen molar-refractivity contribution in [3.05, 3.63) is 124 Å². The lowest BCUT2D eigenvalue weighted by Gasteiger charge is -2.30. The average Bonchev–Trinajstić information content (AvgIpc) is 3.77. The largest absolute Gasteiger partial charge is 0.497 e. The molecule has 1 heterocycles. The van der Waals surface area contributed by atoms with E-state index in [1.165, 1.54) is 12.1 Å². The van der Waals surface area contributed by atoms with Crippen molar-refractivity contribution in [2.75, 3.05) is 20.3 Å². The number of hydrogen-bond acceptors (Lipinski definition) is 7. The molecule has 0 spiro atoms. The predicted octanol–water partition coefficient (Wildman–Crippen LogP) is 5.72. The Bertz CT molecular complexity index is 1440. The van der Waals surface area contributed by atoms with Crippen LogP contribution in [0.3, 0.4) is 0 Å². The zero-order valence-corrected chi connectivity index (χ0v) is 21.7. The normalized spacial score (nSPS) is 12.3. The maximum Gasteiger partial charge on any atom is 0.404 e. The molecular weight excluding hydrogens is 516 g/mol. The van der Waals surface area contributed by atoms with Crippen molar-refractivity contribution in [2.24, 2.45) is 0 Å². The molecule has 0 saturated carbocycles. The second kappa shape index (κ2) is 12.6. The van der Waals surface area contributed by atoms with Crippen LogP contribution in [0.1, 0.15) is 23.1 Å². The third-order valence-electron chi connectivity index (χ3n) is 6.15. The highest BCUT2D eigenvalue weighted by molar-refractivity contribution is 5.64. The number of amides is 1. The monoisotopic (exact) mass is 544 g/mol. The first-order valence-corrected chi connectivity index (χ1v) is 12.4. The van der Waals surface area contributed by atoms with Crippen LogP contribution in [0.2, 0.25) is 0 Å². The molecule has 3 N–H and O–H groups in total. The predicted molar refractivity (Wildman–Crippen MR) is 147 cm³/mol. The molecule has 10 heteroatoms. The number of carboxylic acid groups (broad SMARTS) is 1. The highest BCUT2D eigenvalue weighted by atomic mass is 16.6. The minimum Gasteiger partial charge on any atom is -0.497 e. The van der Waals surface area contributed by atoms with Gasteiger partial charge in [-0.1, -0.05) is 54.6 Å². The molecule has 0 aliphatic carbocycles. The van der Waals surface area contributed by atoms with Gasteiger partial charge in [0.1, 0.15) is 17.1 Å². The van der Waals surface area contributed by atoms with Crippen LogP contribution in [0.5, 0.6) is 23.0 Å². The van der Waals surface area contributed by atoms with Crippen LogP contribution in [0, 0.1) is 10.1 Å². The Kier molecular flexibility index (Phi) is 8.82. The smallest absolute Gasteiger partial charge is 0.404 e. The van der Waals surface area contributed by atoms with E-state index in [-0.39, 0.29) is 5.69 Å². The minimum atomic E-state index is -1.34. The number of nitro groups is 1. The number of non-ortho nitro benzene ring substituents is 1. The van der Waals surface area contributed by atoms with Crippen molar-refractivity contribution in [2.45, 2.75) is 12.0 Å². The van der Waals surface area contributed by atoms with Crippen LogP contribution >= 0.6 is 0 Å². The van der Waals surface area contributed by atoms with E-state index in [9.17, 15) is 20.0 Å². The van der Waals surface area contributed by atoms with E-state index >= 15 is 0 Å². The number of nitrogens with zero attached hydrogens (tertiary/aromatic N) is 1. The standard InChI is InChI=1S/C24H25NO5.C6H3NO3/c1-29-21-12-8-19(9-13-21)24(28,18-6-3-2-4-7-18)20-10-14-22(15-11-20)30-17-5-16-25-23(26)27;8-7(9)4-1-2-5-6(3-4)10-5/h2-4,6-15,25,28H,5,16-17H2,1H3,(H,26,27);1-3H. The third-order valence-corrected chi connectivity index (χ3v) is 6.15. The molecule has 1 aliphatic rings. The maximum absolute atomic E-state index is 11.8. The van der Waals surface area contributed by atoms with Crippen LogP contribution in [0.15, 0.2) is 97.1 Å². The molecule has 1 aliphatic heterocycles. The van der Waals surface area contributed by atoms with Crippen molar-refractivity contribution in [1.82, 2.24) is 5.32 Å². The molecule has 5 rings (SSSR count). The Hall–Kier alpha value is -5.09. The van der Waals surface area contributed by atoms with Crippen LogP contribution in [0.25, 0.3) is 0 Å². The minimum absolute atomic E-state index is 0.0799. The van der Waals surface area contributed by atoms with Gasteiger partial charge in [-0.25, -0.2) is 4.79 Å². The van der Waals surface area contributed by atoms with E-state index in [1.54, 1.807) is 25.3 Å². The molecule has 0 aromatic heterocycles. The zero-order chi connectivity index (χ0) is 28.5. The van der Waals surface area contributed by atoms with E-state index < -0.39 is 16.6 Å². The van der Waals surface area contributed by atoms with Gasteiger partial charge >= 0.3 is 6.09 Å². The van der Waals surface area contributed by atoms with Crippen molar-refractivity contribution in [3.8, 4) is 23.0 Å². The number of hydrogen-bond donors (Lipinski definition) is 3. The van der Waals surface area contributed by atoms with Gasteiger partial charge in [-0.2, -0.15) is 0 Å². The Labute approximate surface area is 230 Å². The number of methoxy groups -OCH3 is 1. The van der Waals surface area contributed by atoms with Crippen molar-refractivity contribution in [1.29, 1.82) is 0 Å². The molecule has 4 aromatic rings. The van der Waals surface area contributed by atoms with Crippen molar-refractivity contribution < 1.29 is 34.1 Å². The molecule has 1 unspecified atom stereocenters. The number of nitro benzene ring substituents is 1. The molecule has 40 heavy (non-hydrogen) atoms. The summed E-state index contributed by atoms with van der Waals surface area (Å²) in [6.45, 7) is 0.722. The van der Waals surface area contributed by atoms with Crippen molar-refractivity contribution in [3.63, 3.8) is 0 Å². The van der Waals surface area contributed by atoms with Crippen LogP contribution in [-0.2, 0) is 5.60 Å². The lowest BCUT2D eigenvalue weighted by atomic mass is 9.80. The number of rotatable bonds is 10. The molecule has 0 bridgehead atoms. The first-order chi connectivity index (χ1) is 19.3. The summed E-state index contributed by atoms with van der Waals surface area (Å²) in [7, 11) is 1.61. The number of nitrogens with one attached hydrogen (secondary N) is 1. The van der Waals surface area contributed by atoms with Crippen LogP contribution in [0.4, 0.5) is 10.5 Å². The van der Waals surface area contributed by atoms with Gasteiger partial charge in [-0.05, 0) is 53.4 Å². The van der Waals surface area contributed by atoms with Gasteiger partial charge in [-0.15, -0.1) is 0 Å². The van der Waals surface area contributed by atoms with Gasteiger partial charge in [0.15, 0.2) is 11.5 Å². The van der Waals surface area contributed by atoms with Gasteiger partial charge < -0.3 is 29.7 Å². The summed E-state index contributed by atoms with van der Waals surface area (Å²) < 4.78 is 15.7. The number of ether oxygens (including phenoxy) is 3. The second-order valence-corrected chi connectivity index (χ2v) is 8.75. The summed E-state index contributed by atoms with van der Waals surface area (Å²) >= 11 is 0. The molecule has 0 fully saturated rings. The SMILES string of the molecule is COc1ccc(C(O)(c2ccccc2)c2ccc(OCCCNC(=O)O)cc2)cc1.O=[N+]([O-])c1ccc2c(c1)O2. The molecule has 1 atom stereocenters. The third kappa shape index (κ3) is 6.86. The lowest BCUT2D eigenvalue weighted by molar-refractivity contribution is -0.384. The molecule has 10 nitrogen and oxygen atoms in total. The summed E-state index contributed by atoms with van der Waals surface area (Å²) in [5.74, 6) is 2.73. The van der Waals surface area contributed by atoms with Gasteiger partial charge in [-0.3, -0.25) is 10.1 Å². The Morgan fingerprint density at radius 2 is 1.50 bits per heavy atom. The van der Waals surface area contributed by atoms with E-state index in [0.717, 1.165) is 22.6 Å². The first-order valence-electron chi connectivity index (χ1n) is 12.4. The number of carbonyl (C=O) groups is 1. The fraction of sp³-hybridized carbons (Fsp3) is 0.167. The van der Waals surface area contributed by atoms with E-state index in [2.05, 4.69) is 5.32 Å². The van der Waals surface area contributed by atoms with Gasteiger partial charge in [0, 0.05) is 12.6 Å². The highest BCUT2D eigenvalue weighted by Crippen LogP contribution is 2.46. The quantitative estimate of drug-likeness (QED) is 0.0666. The summed E-state index contributed by atoms with van der Waals surface area (Å²) in [5, 5.41) is 32.8. The summed E-state index contributed by atoms with van der Waals surface area (Å²) in [5.41, 5.74) is 0.929.